The Bertz CT molecular complexity index is 556. The molecular formula is C16H18BrNO3. The molecule has 1 aromatic rings. The van der Waals surface area contributed by atoms with Crippen molar-refractivity contribution < 1.29 is 14.3 Å². The molecule has 1 atom stereocenters. The lowest BCUT2D eigenvalue weighted by Crippen LogP contribution is -2.41. The summed E-state index contributed by atoms with van der Waals surface area (Å²) in [5.74, 6) is -0.508. The summed E-state index contributed by atoms with van der Waals surface area (Å²) in [5.41, 5.74) is 0.951. The van der Waals surface area contributed by atoms with Crippen molar-refractivity contribution in [3.05, 3.63) is 40.4 Å². The Morgan fingerprint density at radius 3 is 2.86 bits per heavy atom. The molecule has 0 spiro atoms. The number of nitrogens with zero attached hydrogens (tertiary/aromatic N) is 1. The zero-order chi connectivity index (χ0) is 15.2. The first-order valence-electron chi connectivity index (χ1n) is 6.91. The first-order chi connectivity index (χ1) is 10.1. The van der Waals surface area contributed by atoms with Crippen molar-refractivity contribution in [3.63, 3.8) is 0 Å². The van der Waals surface area contributed by atoms with Crippen molar-refractivity contribution in [1.29, 1.82) is 0 Å². The van der Waals surface area contributed by atoms with Crippen molar-refractivity contribution in [2.45, 2.75) is 12.8 Å². The summed E-state index contributed by atoms with van der Waals surface area (Å²) >= 11 is 3.44. The third-order valence-corrected chi connectivity index (χ3v) is 4.30. The van der Waals surface area contributed by atoms with Crippen molar-refractivity contribution in [2.75, 3.05) is 20.2 Å². The largest absolute Gasteiger partial charge is 0.469 e. The molecular weight excluding hydrogens is 334 g/mol. The highest BCUT2D eigenvalue weighted by molar-refractivity contribution is 9.10. The standard InChI is InChI=1S/C16H18BrNO3/c1-21-16(20)13-6-4-10-18(11-13)15(19)9-8-12-5-2-3-7-14(12)17/h2-3,5,7-9,13H,4,6,10-11H2,1H3/b9-8+. The Morgan fingerprint density at radius 2 is 2.14 bits per heavy atom. The second-order valence-electron chi connectivity index (χ2n) is 5.00. The molecule has 0 aromatic heterocycles. The quantitative estimate of drug-likeness (QED) is 0.621. The van der Waals surface area contributed by atoms with E-state index >= 15 is 0 Å². The van der Waals surface area contributed by atoms with Gasteiger partial charge in [-0.1, -0.05) is 34.1 Å². The van der Waals surface area contributed by atoms with Crippen molar-refractivity contribution in [1.82, 2.24) is 4.90 Å². The molecule has 5 heteroatoms. The molecule has 1 aliphatic heterocycles. The zero-order valence-electron chi connectivity index (χ0n) is 11.9. The Kier molecular flexibility index (Phi) is 5.56. The zero-order valence-corrected chi connectivity index (χ0v) is 13.5. The average Bonchev–Trinajstić information content (AvgIpc) is 2.53. The molecule has 1 aliphatic rings. The lowest BCUT2D eigenvalue weighted by atomic mass is 9.98. The normalized spacial score (nSPS) is 18.8. The smallest absolute Gasteiger partial charge is 0.310 e. The first-order valence-corrected chi connectivity index (χ1v) is 7.70. The fourth-order valence-electron chi connectivity index (χ4n) is 2.41. The fourth-order valence-corrected chi connectivity index (χ4v) is 2.83. The number of likely N-dealkylation sites (tertiary alicyclic amines) is 1. The topological polar surface area (TPSA) is 46.6 Å². The maximum Gasteiger partial charge on any atom is 0.310 e. The minimum Gasteiger partial charge on any atom is -0.469 e. The maximum atomic E-state index is 12.2. The number of halogens is 1. The number of rotatable bonds is 3. The van der Waals surface area contributed by atoms with E-state index < -0.39 is 0 Å². The molecule has 1 amide bonds. The van der Waals surface area contributed by atoms with Gasteiger partial charge in [-0.05, 0) is 30.5 Å². The SMILES string of the molecule is COC(=O)C1CCCN(C(=O)/C=C/c2ccccc2Br)C1. The molecule has 0 saturated carbocycles. The first kappa shape index (κ1) is 15.8. The van der Waals surface area contributed by atoms with Gasteiger partial charge in [0.25, 0.3) is 0 Å². The van der Waals surface area contributed by atoms with Crippen LogP contribution in [0, 0.1) is 5.92 Å². The van der Waals surface area contributed by atoms with Gasteiger partial charge in [0, 0.05) is 23.6 Å². The van der Waals surface area contributed by atoms with E-state index in [1.165, 1.54) is 7.11 Å². The Balaban J connectivity index is 2.00. The van der Waals surface area contributed by atoms with Crippen molar-refractivity contribution in [2.24, 2.45) is 5.92 Å². The molecule has 1 heterocycles. The van der Waals surface area contributed by atoms with Crippen LogP contribution in [0.4, 0.5) is 0 Å². The third kappa shape index (κ3) is 4.17. The van der Waals surface area contributed by atoms with Crippen LogP contribution in [0.3, 0.4) is 0 Å². The Morgan fingerprint density at radius 1 is 1.38 bits per heavy atom. The van der Waals surface area contributed by atoms with Crippen LogP contribution in [0.15, 0.2) is 34.8 Å². The van der Waals surface area contributed by atoms with Crippen LogP contribution < -0.4 is 0 Å². The molecule has 4 nitrogen and oxygen atoms in total. The van der Waals surface area contributed by atoms with Crippen molar-refractivity contribution >= 4 is 33.9 Å². The van der Waals surface area contributed by atoms with E-state index in [9.17, 15) is 9.59 Å². The summed E-state index contributed by atoms with van der Waals surface area (Å²) in [6.45, 7) is 1.12. The molecule has 21 heavy (non-hydrogen) atoms. The van der Waals surface area contributed by atoms with Gasteiger partial charge < -0.3 is 9.64 Å². The van der Waals surface area contributed by atoms with Crippen molar-refractivity contribution in [3.8, 4) is 0 Å². The summed E-state index contributed by atoms with van der Waals surface area (Å²) in [6, 6.07) is 7.71. The predicted octanol–water partition coefficient (Wildman–Crippen LogP) is 2.87. The van der Waals surface area contributed by atoms with Crippen LogP contribution >= 0.6 is 15.9 Å². The maximum absolute atomic E-state index is 12.2. The van der Waals surface area contributed by atoms with E-state index in [1.807, 2.05) is 24.3 Å². The number of carbonyl (C=O) groups excluding carboxylic acids is 2. The van der Waals surface area contributed by atoms with E-state index in [1.54, 1.807) is 17.1 Å². The summed E-state index contributed by atoms with van der Waals surface area (Å²) in [4.78, 5) is 25.5. The van der Waals surface area contributed by atoms with E-state index in [-0.39, 0.29) is 17.8 Å². The lowest BCUT2D eigenvalue weighted by molar-refractivity contribution is -0.148. The number of carbonyl (C=O) groups is 2. The van der Waals surface area contributed by atoms with Crippen LogP contribution in [0.25, 0.3) is 6.08 Å². The van der Waals surface area contributed by atoms with Gasteiger partial charge in [0.05, 0.1) is 13.0 Å². The summed E-state index contributed by atoms with van der Waals surface area (Å²) in [7, 11) is 1.38. The minimum absolute atomic E-state index is 0.0700. The molecule has 0 bridgehead atoms. The molecule has 1 fully saturated rings. The molecule has 1 aromatic carbocycles. The average molecular weight is 352 g/mol. The molecule has 0 N–H and O–H groups in total. The van der Waals surface area contributed by atoms with Gasteiger partial charge in [-0.3, -0.25) is 9.59 Å². The highest BCUT2D eigenvalue weighted by Gasteiger charge is 2.28. The molecule has 0 aliphatic carbocycles. The van der Waals surface area contributed by atoms with Gasteiger partial charge >= 0.3 is 5.97 Å². The number of amides is 1. The second kappa shape index (κ2) is 7.41. The molecule has 1 saturated heterocycles. The van der Waals surface area contributed by atoms with Gasteiger partial charge in [-0.15, -0.1) is 0 Å². The Hall–Kier alpha value is -1.62. The number of piperidine rings is 1. The van der Waals surface area contributed by atoms with E-state index in [0.29, 0.717) is 13.1 Å². The monoisotopic (exact) mass is 351 g/mol. The minimum atomic E-state index is -0.234. The number of methoxy groups -OCH3 is 1. The van der Waals surface area contributed by atoms with Gasteiger partial charge in [0.2, 0.25) is 5.91 Å². The van der Waals surface area contributed by atoms with Gasteiger partial charge in [-0.2, -0.15) is 0 Å². The summed E-state index contributed by atoms with van der Waals surface area (Å²) in [6.07, 6.45) is 4.95. The van der Waals surface area contributed by atoms with Crippen LogP contribution in [-0.2, 0) is 14.3 Å². The summed E-state index contributed by atoms with van der Waals surface area (Å²) in [5, 5.41) is 0. The third-order valence-electron chi connectivity index (χ3n) is 3.58. The predicted molar refractivity (Wildman–Crippen MR) is 84.5 cm³/mol. The van der Waals surface area contributed by atoms with Gasteiger partial charge in [0.15, 0.2) is 0 Å². The summed E-state index contributed by atoms with van der Waals surface area (Å²) < 4.78 is 5.71. The lowest BCUT2D eigenvalue weighted by Gasteiger charge is -2.30. The number of hydrogen-bond donors (Lipinski definition) is 0. The van der Waals surface area contributed by atoms with Gasteiger partial charge in [-0.25, -0.2) is 0 Å². The fraction of sp³-hybridized carbons (Fsp3) is 0.375. The van der Waals surface area contributed by atoms with Crippen LogP contribution in [-0.4, -0.2) is 37.0 Å². The van der Waals surface area contributed by atoms with E-state index in [4.69, 9.17) is 4.74 Å². The van der Waals surface area contributed by atoms with Crippen LogP contribution in [0.1, 0.15) is 18.4 Å². The highest BCUT2D eigenvalue weighted by atomic mass is 79.9. The van der Waals surface area contributed by atoms with Crippen LogP contribution in [0.2, 0.25) is 0 Å². The van der Waals surface area contributed by atoms with E-state index in [2.05, 4.69) is 15.9 Å². The van der Waals surface area contributed by atoms with Gasteiger partial charge in [0.1, 0.15) is 0 Å². The van der Waals surface area contributed by atoms with Crippen LogP contribution in [0.5, 0.6) is 0 Å². The van der Waals surface area contributed by atoms with E-state index in [0.717, 1.165) is 22.9 Å². The number of esters is 1. The molecule has 1 unspecified atom stereocenters. The molecule has 112 valence electrons. The number of benzene rings is 1. The number of ether oxygens (including phenoxy) is 1. The number of hydrogen-bond acceptors (Lipinski definition) is 3. The molecule has 0 radical (unpaired) electrons. The second-order valence-corrected chi connectivity index (χ2v) is 5.86. The highest BCUT2D eigenvalue weighted by Crippen LogP contribution is 2.20. The Labute approximate surface area is 132 Å². The molecule has 2 rings (SSSR count).